The number of aldehydes is 1. The molecule has 2 aliphatic rings. The maximum atomic E-state index is 13.7. The minimum absolute atomic E-state index is 0. The molecule has 2 aromatic rings. The molecule has 0 saturated heterocycles. The number of alkyl halides is 3. The molecule has 19 heteroatoms. The van der Waals surface area contributed by atoms with E-state index in [1.54, 1.807) is 27.7 Å². The van der Waals surface area contributed by atoms with E-state index in [4.69, 9.17) is 39.8 Å². The van der Waals surface area contributed by atoms with Gasteiger partial charge in [0.2, 0.25) is 18.1 Å². The molecule has 2 aromatic heterocycles. The first-order valence-electron chi connectivity index (χ1n) is 14.9. The summed E-state index contributed by atoms with van der Waals surface area (Å²) in [5, 5.41) is 5.11. The standard InChI is InChI=1S/C16H20ClFN2O3.C10H11ClFN3O.C2HF3O.C2H6.2H2S/c1-16(2,3)23-13(21)7-11(9-4-5-9)15(22)20-14-12(18)6-10(17)8-19-14;11-6-3-7(12)9(14-4-6)15-10(16)8(13)5-1-2-5;3-2(4,5)1-6;1-2;;/h6,8-9,11H,4-5,7H2,1-3H3,(H,19,20,22);3-5,8H,1-2,13H2,(H,14,15,16);1H;1-2H3;2*1H2/t11-;8-;;;;/m00..../s1/i;;;1D;;. The second-order valence-electron chi connectivity index (χ2n) is 11.2. The Bertz CT molecular complexity index is 1400. The molecule has 0 spiro atoms. The predicted octanol–water partition coefficient (Wildman–Crippen LogP) is 7.12. The lowest BCUT2D eigenvalue weighted by Crippen LogP contribution is -2.37. The zero-order valence-electron chi connectivity index (χ0n) is 28.1. The number of hydrogen-bond donors (Lipinski definition) is 3. The Hall–Kier alpha value is -2.73. The van der Waals surface area contributed by atoms with Crippen LogP contribution in [-0.4, -0.2) is 51.9 Å². The molecule has 0 aliphatic heterocycles. The summed E-state index contributed by atoms with van der Waals surface area (Å²) in [5.41, 5.74) is 5.06. The number of nitrogens with zero attached hydrogens (tertiary/aromatic N) is 2. The van der Waals surface area contributed by atoms with Crippen molar-refractivity contribution in [2.45, 2.75) is 84.5 Å². The van der Waals surface area contributed by atoms with E-state index < -0.39 is 59.4 Å². The van der Waals surface area contributed by atoms with Crippen molar-refractivity contribution in [2.24, 2.45) is 23.5 Å². The summed E-state index contributed by atoms with van der Waals surface area (Å²) in [5.74, 6) is -3.16. The third kappa shape index (κ3) is 19.9. The van der Waals surface area contributed by atoms with Crippen LogP contribution in [0.1, 0.15) is 68.1 Å². The number of anilines is 2. The number of nitrogens with two attached hydrogens (primary N) is 1. The van der Waals surface area contributed by atoms with Gasteiger partial charge in [-0.1, -0.05) is 37.0 Å². The van der Waals surface area contributed by atoms with Crippen molar-refractivity contribution in [3.63, 3.8) is 0 Å². The van der Waals surface area contributed by atoms with Gasteiger partial charge < -0.3 is 21.1 Å². The molecule has 278 valence electrons. The molecule has 0 bridgehead atoms. The van der Waals surface area contributed by atoms with Crippen LogP contribution in [0.5, 0.6) is 0 Å². The summed E-state index contributed by atoms with van der Waals surface area (Å²) in [4.78, 5) is 52.0. The van der Waals surface area contributed by atoms with Crippen LogP contribution in [0.15, 0.2) is 24.5 Å². The molecular weight excluding hydrogens is 740 g/mol. The Labute approximate surface area is 307 Å². The van der Waals surface area contributed by atoms with E-state index >= 15 is 0 Å². The van der Waals surface area contributed by atoms with Crippen LogP contribution < -0.4 is 16.4 Å². The van der Waals surface area contributed by atoms with E-state index in [0.29, 0.717) is 6.90 Å². The molecule has 0 radical (unpaired) electrons. The Morgan fingerprint density at radius 2 is 1.35 bits per heavy atom. The third-order valence-electron chi connectivity index (χ3n) is 6.00. The zero-order valence-corrected chi connectivity index (χ0v) is 30.6. The normalized spacial score (nSPS) is 14.7. The van der Waals surface area contributed by atoms with Crippen LogP contribution in [0.2, 0.25) is 10.0 Å². The van der Waals surface area contributed by atoms with Crippen LogP contribution in [0, 0.1) is 29.4 Å². The van der Waals surface area contributed by atoms with Crippen molar-refractivity contribution in [3.8, 4) is 0 Å². The van der Waals surface area contributed by atoms with Gasteiger partial charge in [0.15, 0.2) is 23.3 Å². The molecule has 2 saturated carbocycles. The summed E-state index contributed by atoms with van der Waals surface area (Å²) < 4.78 is 69.7. The van der Waals surface area contributed by atoms with Crippen LogP contribution in [-0.2, 0) is 23.9 Å². The second-order valence-corrected chi connectivity index (χ2v) is 12.1. The lowest BCUT2D eigenvalue weighted by molar-refractivity contribution is -0.157. The van der Waals surface area contributed by atoms with Gasteiger partial charge in [-0.15, -0.1) is 0 Å². The fraction of sp³-hybridized carbons (Fsp3) is 0.533. The lowest BCUT2D eigenvalue weighted by Gasteiger charge is -2.22. The molecule has 2 heterocycles. The van der Waals surface area contributed by atoms with E-state index in [9.17, 15) is 36.3 Å². The Morgan fingerprint density at radius 1 is 0.959 bits per heavy atom. The predicted molar refractivity (Wildman–Crippen MR) is 187 cm³/mol. The summed E-state index contributed by atoms with van der Waals surface area (Å²) in [6, 6.07) is 1.58. The third-order valence-corrected chi connectivity index (χ3v) is 6.41. The van der Waals surface area contributed by atoms with Crippen molar-refractivity contribution < 1.29 is 47.2 Å². The van der Waals surface area contributed by atoms with Crippen molar-refractivity contribution >= 4 is 85.9 Å². The smallest absolute Gasteiger partial charge is 0.446 e. The number of carbonyl (C=O) groups excluding carboxylic acids is 4. The first kappa shape index (κ1) is 46.3. The molecule has 4 N–H and O–H groups in total. The van der Waals surface area contributed by atoms with Crippen molar-refractivity contribution in [1.82, 2.24) is 9.97 Å². The summed E-state index contributed by atoms with van der Waals surface area (Å²) in [7, 11) is 0. The summed E-state index contributed by atoms with van der Waals surface area (Å²) >= 11 is 11.2. The van der Waals surface area contributed by atoms with Gasteiger partial charge >= 0.3 is 12.1 Å². The maximum Gasteiger partial charge on any atom is 0.446 e. The summed E-state index contributed by atoms with van der Waals surface area (Å²) in [6.07, 6.45) is 0.435. The Kier molecular flexibility index (Phi) is 20.9. The number of carbonyl (C=O) groups is 4. The first-order chi connectivity index (χ1) is 22.2. The van der Waals surface area contributed by atoms with Gasteiger partial charge in [-0.05, 0) is 70.4 Å². The van der Waals surface area contributed by atoms with Crippen LogP contribution in [0.25, 0.3) is 0 Å². The van der Waals surface area contributed by atoms with Gasteiger partial charge in [0, 0.05) is 13.8 Å². The fourth-order valence-corrected chi connectivity index (χ4v) is 3.92. The number of halogens is 7. The number of esters is 1. The lowest BCUT2D eigenvalue weighted by atomic mass is 9.98. The zero-order chi connectivity index (χ0) is 36.8. The molecule has 2 aliphatic carbocycles. The number of rotatable bonds is 8. The molecule has 10 nitrogen and oxygen atoms in total. The van der Waals surface area contributed by atoms with Gasteiger partial charge in [0.25, 0.3) is 0 Å². The number of ether oxygens (including phenoxy) is 1. The molecule has 0 unspecified atom stereocenters. The Morgan fingerprint density at radius 3 is 1.67 bits per heavy atom. The van der Waals surface area contributed by atoms with Gasteiger partial charge in [0.05, 0.1) is 28.4 Å². The van der Waals surface area contributed by atoms with Crippen molar-refractivity contribution in [1.29, 1.82) is 0 Å². The van der Waals surface area contributed by atoms with Gasteiger partial charge in [-0.3, -0.25) is 19.2 Å². The van der Waals surface area contributed by atoms with Crippen molar-refractivity contribution in [3.05, 3.63) is 46.2 Å². The molecule has 49 heavy (non-hydrogen) atoms. The van der Waals surface area contributed by atoms with Crippen molar-refractivity contribution in [2.75, 3.05) is 10.6 Å². The van der Waals surface area contributed by atoms with E-state index in [1.165, 1.54) is 12.4 Å². The highest BCUT2D eigenvalue weighted by atomic mass is 35.5. The number of amides is 2. The van der Waals surface area contributed by atoms with Crippen LogP contribution >= 0.6 is 50.2 Å². The monoisotopic (exact) mass is 782 g/mol. The van der Waals surface area contributed by atoms with Crippen LogP contribution in [0.3, 0.4) is 0 Å². The average Bonchev–Trinajstić information content (AvgIpc) is 3.88. The quantitative estimate of drug-likeness (QED) is 0.145. The molecular formula is C30H42Cl2F5N5O5S2. The maximum absolute atomic E-state index is 13.7. The number of pyridine rings is 2. The van der Waals surface area contributed by atoms with E-state index in [0.717, 1.165) is 37.8 Å². The minimum Gasteiger partial charge on any atom is -0.460 e. The van der Waals surface area contributed by atoms with Gasteiger partial charge in [-0.25, -0.2) is 18.7 Å². The largest absolute Gasteiger partial charge is 0.460 e. The summed E-state index contributed by atoms with van der Waals surface area (Å²) in [6.45, 7) is 7.60. The van der Waals surface area contributed by atoms with Crippen LogP contribution in [0.4, 0.5) is 33.6 Å². The number of hydrogen-bond acceptors (Lipinski definition) is 8. The van der Waals surface area contributed by atoms with E-state index in [1.807, 2.05) is 0 Å². The molecule has 0 aromatic carbocycles. The minimum atomic E-state index is -4.64. The molecule has 2 fully saturated rings. The molecule has 2 amide bonds. The topological polar surface area (TPSA) is 153 Å². The SMILES string of the molecule is CC(C)(C)OC(=O)C[C@H](C(=O)Nc1ncc(Cl)cc1F)C1CC1.N[C@H](C(=O)Nc1ncc(Cl)cc1F)C1CC1.O=CC(F)(F)F.S.S.[2H]CC. The number of nitrogens with one attached hydrogen (secondary N) is 2. The highest BCUT2D eigenvalue weighted by molar-refractivity contribution is 7.59. The number of aromatic nitrogens is 2. The molecule has 2 atom stereocenters. The highest BCUT2D eigenvalue weighted by Crippen LogP contribution is 2.39. The Balaban J connectivity index is 0. The fourth-order valence-electron chi connectivity index (χ4n) is 3.63. The molecule has 4 rings (SSSR count). The van der Waals surface area contributed by atoms with Gasteiger partial charge in [-0.2, -0.15) is 40.2 Å². The van der Waals surface area contributed by atoms with E-state index in [2.05, 4.69) is 20.6 Å². The van der Waals surface area contributed by atoms with E-state index in [-0.39, 0.29) is 66.9 Å². The second kappa shape index (κ2) is 22.2. The van der Waals surface area contributed by atoms with Gasteiger partial charge in [0.1, 0.15) is 5.60 Å². The average molecular weight is 784 g/mol. The highest BCUT2D eigenvalue weighted by Gasteiger charge is 2.39. The first-order valence-corrected chi connectivity index (χ1v) is 15.0.